The molecule has 3 aromatic carbocycles. The van der Waals surface area contributed by atoms with Gasteiger partial charge in [0, 0.05) is 50.2 Å². The van der Waals surface area contributed by atoms with E-state index in [-0.39, 0.29) is 34.8 Å². The molecular weight excluding hydrogens is 550 g/mol. The Hall–Kier alpha value is -3.55. The van der Waals surface area contributed by atoms with E-state index in [1.165, 1.54) is 59.9 Å². The van der Waals surface area contributed by atoms with Crippen LogP contribution in [-0.4, -0.2) is 66.5 Å². The van der Waals surface area contributed by atoms with Gasteiger partial charge in [-0.15, -0.1) is 0 Å². The Bertz CT molecular complexity index is 1560. The summed E-state index contributed by atoms with van der Waals surface area (Å²) in [7, 11) is -6.07. The van der Waals surface area contributed by atoms with Crippen molar-refractivity contribution in [3.63, 3.8) is 0 Å². The van der Waals surface area contributed by atoms with E-state index in [2.05, 4.69) is 5.32 Å². The molecule has 4 rings (SSSR count). The fourth-order valence-electron chi connectivity index (χ4n) is 4.22. The Morgan fingerprint density at radius 1 is 0.897 bits per heavy atom. The molecule has 0 atom stereocenters. The molecule has 0 unspecified atom stereocenters. The van der Waals surface area contributed by atoms with Gasteiger partial charge >= 0.3 is 0 Å². The first-order valence-corrected chi connectivity index (χ1v) is 15.2. The highest BCUT2D eigenvalue weighted by molar-refractivity contribution is 7.92. The smallest absolute Gasteiger partial charge is 0.263 e. The van der Waals surface area contributed by atoms with Crippen molar-refractivity contribution < 1.29 is 30.4 Å². The number of amides is 1. The zero-order valence-electron chi connectivity index (χ0n) is 21.3. The molecule has 39 heavy (non-hydrogen) atoms. The summed E-state index contributed by atoms with van der Waals surface area (Å²) in [6.45, 7) is 1.07. The van der Waals surface area contributed by atoms with E-state index in [1.807, 2.05) is 4.90 Å². The first kappa shape index (κ1) is 28.5. The lowest BCUT2D eigenvalue weighted by Crippen LogP contribution is -2.48. The summed E-state index contributed by atoms with van der Waals surface area (Å²) in [5.41, 5.74) is 1.21. The highest BCUT2D eigenvalue weighted by Gasteiger charge is 2.29. The van der Waals surface area contributed by atoms with Crippen molar-refractivity contribution in [3.8, 4) is 0 Å². The second kappa shape index (κ2) is 11.3. The zero-order valence-corrected chi connectivity index (χ0v) is 22.9. The van der Waals surface area contributed by atoms with Crippen molar-refractivity contribution in [1.29, 1.82) is 0 Å². The number of benzene rings is 3. The molecule has 0 aliphatic carbocycles. The number of carbonyl (C=O) groups excluding carboxylic acids is 1. The Morgan fingerprint density at radius 3 is 2.15 bits per heavy atom. The minimum Gasteiger partial charge on any atom is -0.369 e. The van der Waals surface area contributed by atoms with Gasteiger partial charge in [0.15, 0.2) is 0 Å². The largest absolute Gasteiger partial charge is 0.369 e. The van der Waals surface area contributed by atoms with Crippen LogP contribution in [0.1, 0.15) is 22.3 Å². The normalized spacial score (nSPS) is 14.8. The monoisotopic (exact) mass is 578 g/mol. The number of nitrogens with one attached hydrogen (secondary N) is 1. The topological polar surface area (TPSA) is 107 Å². The van der Waals surface area contributed by atoms with E-state index < -0.39 is 32.4 Å². The number of alkyl halides is 2. The molecule has 1 aliphatic rings. The maximum absolute atomic E-state index is 13.2. The third-order valence-corrected chi connectivity index (χ3v) is 9.57. The van der Waals surface area contributed by atoms with Crippen LogP contribution >= 0.6 is 0 Å². The van der Waals surface area contributed by atoms with E-state index >= 15 is 0 Å². The highest BCUT2D eigenvalue weighted by atomic mass is 32.2. The summed E-state index contributed by atoms with van der Waals surface area (Å²) < 4.78 is 78.8. The average Bonchev–Trinajstić information content (AvgIpc) is 2.92. The number of carbonyl (C=O) groups is 1. The van der Waals surface area contributed by atoms with Gasteiger partial charge < -0.3 is 10.2 Å². The molecule has 1 heterocycles. The van der Waals surface area contributed by atoms with Crippen molar-refractivity contribution in [2.45, 2.75) is 11.3 Å². The van der Waals surface area contributed by atoms with Gasteiger partial charge in [-0.1, -0.05) is 24.3 Å². The van der Waals surface area contributed by atoms with Gasteiger partial charge in [-0.3, -0.25) is 9.10 Å². The van der Waals surface area contributed by atoms with Gasteiger partial charge in [0.2, 0.25) is 20.0 Å². The van der Waals surface area contributed by atoms with E-state index in [0.717, 1.165) is 10.6 Å². The van der Waals surface area contributed by atoms with Crippen LogP contribution in [0.2, 0.25) is 0 Å². The van der Waals surface area contributed by atoms with Gasteiger partial charge in [0.25, 0.3) is 12.3 Å². The quantitative estimate of drug-likeness (QED) is 0.436. The minimum atomic E-state index is -3.82. The molecule has 1 aliphatic heterocycles. The molecule has 208 valence electrons. The van der Waals surface area contributed by atoms with Crippen molar-refractivity contribution in [1.82, 2.24) is 4.31 Å². The van der Waals surface area contributed by atoms with E-state index in [0.29, 0.717) is 24.5 Å². The molecule has 0 aromatic heterocycles. The summed E-state index contributed by atoms with van der Waals surface area (Å²) >= 11 is 0. The van der Waals surface area contributed by atoms with Crippen LogP contribution in [0.4, 0.5) is 25.8 Å². The maximum atomic E-state index is 13.2. The Kier molecular flexibility index (Phi) is 8.23. The van der Waals surface area contributed by atoms with Crippen LogP contribution < -0.4 is 14.5 Å². The van der Waals surface area contributed by atoms with Gasteiger partial charge in [-0.05, 0) is 48.5 Å². The van der Waals surface area contributed by atoms with Crippen LogP contribution in [0.25, 0.3) is 0 Å². The third-order valence-electron chi connectivity index (χ3n) is 6.46. The van der Waals surface area contributed by atoms with Crippen molar-refractivity contribution >= 4 is 43.0 Å². The predicted octanol–water partition coefficient (Wildman–Crippen LogP) is 3.78. The number of piperazine rings is 1. The van der Waals surface area contributed by atoms with Crippen molar-refractivity contribution in [2.75, 3.05) is 54.0 Å². The predicted molar refractivity (Wildman–Crippen MR) is 146 cm³/mol. The van der Waals surface area contributed by atoms with E-state index in [9.17, 15) is 30.4 Å². The molecule has 3 aromatic rings. The fourth-order valence-corrected chi connectivity index (χ4v) is 6.16. The van der Waals surface area contributed by atoms with Gasteiger partial charge in [0.05, 0.1) is 22.4 Å². The van der Waals surface area contributed by atoms with Crippen molar-refractivity contribution in [2.24, 2.45) is 0 Å². The van der Waals surface area contributed by atoms with Crippen LogP contribution in [0.5, 0.6) is 0 Å². The third kappa shape index (κ3) is 6.37. The Morgan fingerprint density at radius 2 is 1.54 bits per heavy atom. The Labute approximate surface area is 226 Å². The standard InChI is InChI=1S/C26H28F2N4O5S2/c1-30(38(2,34)35)24-9-4-3-8-23(24)26(33)29-20-10-12-22(13-11-20)39(36,37)32-16-14-31(15-17-32)21-7-5-6-19(18-21)25(27)28/h3-13,18,25H,14-17H2,1-2H3,(H,29,33). The summed E-state index contributed by atoms with van der Waals surface area (Å²) in [5, 5.41) is 2.67. The summed E-state index contributed by atoms with van der Waals surface area (Å²) in [6.07, 6.45) is -1.55. The zero-order chi connectivity index (χ0) is 28.4. The lowest BCUT2D eigenvalue weighted by Gasteiger charge is -2.35. The van der Waals surface area contributed by atoms with Gasteiger partial charge in [-0.25, -0.2) is 25.6 Å². The lowest BCUT2D eigenvalue weighted by molar-refractivity contribution is 0.102. The minimum absolute atomic E-state index is 0.0471. The SMILES string of the molecule is CN(c1ccccc1C(=O)Nc1ccc(S(=O)(=O)N2CCN(c3cccc(C(F)F)c3)CC2)cc1)S(C)(=O)=O. The number of hydrogen-bond acceptors (Lipinski definition) is 6. The van der Waals surface area contributed by atoms with Crippen LogP contribution in [0, 0.1) is 0 Å². The number of hydrogen-bond donors (Lipinski definition) is 1. The number of nitrogens with zero attached hydrogens (tertiary/aromatic N) is 3. The maximum Gasteiger partial charge on any atom is 0.263 e. The summed E-state index contributed by atoms with van der Waals surface area (Å²) in [4.78, 5) is 14.8. The average molecular weight is 579 g/mol. The van der Waals surface area contributed by atoms with Gasteiger partial charge in [-0.2, -0.15) is 4.31 Å². The molecule has 1 fully saturated rings. The fraction of sp³-hybridized carbons (Fsp3) is 0.269. The molecule has 0 spiro atoms. The molecular formula is C26H28F2N4O5S2. The van der Waals surface area contributed by atoms with E-state index in [1.54, 1.807) is 24.3 Å². The first-order valence-electron chi connectivity index (χ1n) is 12.0. The summed E-state index contributed by atoms with van der Waals surface area (Å²) in [5.74, 6) is -0.552. The summed E-state index contributed by atoms with van der Waals surface area (Å²) in [6, 6.07) is 18.0. The molecule has 1 amide bonds. The number of anilines is 3. The number of halogens is 2. The Balaban J connectivity index is 1.43. The second-order valence-corrected chi connectivity index (χ2v) is 13.0. The van der Waals surface area contributed by atoms with Crippen LogP contribution in [0.15, 0.2) is 77.7 Å². The first-order chi connectivity index (χ1) is 18.4. The van der Waals surface area contributed by atoms with Gasteiger partial charge in [0.1, 0.15) is 0 Å². The molecule has 9 nitrogen and oxygen atoms in total. The highest BCUT2D eigenvalue weighted by Crippen LogP contribution is 2.27. The molecule has 13 heteroatoms. The molecule has 1 N–H and O–H groups in total. The number of sulfonamides is 2. The number of para-hydroxylation sites is 1. The molecule has 0 bridgehead atoms. The molecule has 0 saturated carbocycles. The molecule has 0 radical (unpaired) electrons. The van der Waals surface area contributed by atoms with E-state index in [4.69, 9.17) is 0 Å². The van der Waals surface area contributed by atoms with Crippen LogP contribution in [0.3, 0.4) is 0 Å². The molecule has 1 saturated heterocycles. The number of rotatable bonds is 8. The van der Waals surface area contributed by atoms with Crippen molar-refractivity contribution in [3.05, 3.63) is 83.9 Å². The second-order valence-electron chi connectivity index (χ2n) is 9.01. The lowest BCUT2D eigenvalue weighted by atomic mass is 10.1. The van der Waals surface area contributed by atoms with Crippen LogP contribution in [-0.2, 0) is 20.0 Å².